The van der Waals surface area contributed by atoms with Crippen LogP contribution in [0.3, 0.4) is 0 Å². The number of anilines is 1. The second-order valence-electron chi connectivity index (χ2n) is 7.47. The Hall–Kier alpha value is -2.90. The summed E-state index contributed by atoms with van der Waals surface area (Å²) in [6.45, 7) is 0.751. The summed E-state index contributed by atoms with van der Waals surface area (Å²) in [5, 5.41) is 0.213. The van der Waals surface area contributed by atoms with E-state index in [1.807, 2.05) is 36.4 Å². The lowest BCUT2D eigenvalue weighted by molar-refractivity contribution is 0.0785. The van der Waals surface area contributed by atoms with Gasteiger partial charge in [0.25, 0.3) is 15.9 Å². The SMILES string of the molecule is CN(Cc1ccncc1)C(=O)c1cc(S(=O)(=O)N2CCCc3ccccc32)ccc1Cl. The van der Waals surface area contributed by atoms with Gasteiger partial charge >= 0.3 is 0 Å². The van der Waals surface area contributed by atoms with E-state index < -0.39 is 10.0 Å². The Morgan fingerprint density at radius 3 is 2.65 bits per heavy atom. The number of sulfonamides is 1. The molecule has 4 rings (SSSR count). The maximum Gasteiger partial charge on any atom is 0.264 e. The predicted octanol–water partition coefficient (Wildman–Crippen LogP) is 4.15. The van der Waals surface area contributed by atoms with E-state index in [4.69, 9.17) is 11.6 Å². The molecule has 6 nitrogen and oxygen atoms in total. The van der Waals surface area contributed by atoms with Gasteiger partial charge in [0.05, 0.1) is 21.2 Å². The van der Waals surface area contributed by atoms with Crippen LogP contribution in [0, 0.1) is 0 Å². The van der Waals surface area contributed by atoms with Gasteiger partial charge in [-0.3, -0.25) is 14.1 Å². The Balaban J connectivity index is 1.65. The number of carbonyl (C=O) groups excluding carboxylic acids is 1. The summed E-state index contributed by atoms with van der Waals surface area (Å²) in [5.41, 5.74) is 2.76. The largest absolute Gasteiger partial charge is 0.337 e. The minimum absolute atomic E-state index is 0.0502. The number of amides is 1. The number of aryl methyl sites for hydroxylation is 1. The number of halogens is 1. The molecule has 1 aliphatic heterocycles. The Bertz CT molecular complexity index is 1220. The molecule has 1 aromatic heterocycles. The molecule has 0 radical (unpaired) electrons. The number of hydrogen-bond donors (Lipinski definition) is 0. The van der Waals surface area contributed by atoms with Gasteiger partial charge in [0.2, 0.25) is 0 Å². The predicted molar refractivity (Wildman–Crippen MR) is 121 cm³/mol. The number of pyridine rings is 1. The molecule has 8 heteroatoms. The van der Waals surface area contributed by atoms with Crippen molar-refractivity contribution in [2.45, 2.75) is 24.3 Å². The summed E-state index contributed by atoms with van der Waals surface area (Å²) < 4.78 is 28.3. The highest BCUT2D eigenvalue weighted by Crippen LogP contribution is 2.33. The topological polar surface area (TPSA) is 70.6 Å². The second kappa shape index (κ2) is 8.69. The van der Waals surface area contributed by atoms with Crippen molar-refractivity contribution in [3.63, 3.8) is 0 Å². The van der Waals surface area contributed by atoms with E-state index in [2.05, 4.69) is 4.98 Å². The van der Waals surface area contributed by atoms with Gasteiger partial charge in [0, 0.05) is 32.5 Å². The van der Waals surface area contributed by atoms with E-state index in [9.17, 15) is 13.2 Å². The first-order valence-corrected chi connectivity index (χ1v) is 11.7. The van der Waals surface area contributed by atoms with E-state index in [1.54, 1.807) is 19.4 Å². The molecule has 0 unspecified atom stereocenters. The first-order valence-electron chi connectivity index (χ1n) is 9.92. The molecule has 0 saturated heterocycles. The molecule has 3 aromatic rings. The highest BCUT2D eigenvalue weighted by atomic mass is 35.5. The zero-order valence-corrected chi connectivity index (χ0v) is 18.6. The first kappa shape index (κ1) is 21.3. The average molecular weight is 456 g/mol. The van der Waals surface area contributed by atoms with Crippen LogP contribution < -0.4 is 4.31 Å². The monoisotopic (exact) mass is 455 g/mol. The maximum absolute atomic E-state index is 13.4. The van der Waals surface area contributed by atoms with E-state index in [0.29, 0.717) is 18.8 Å². The van der Waals surface area contributed by atoms with E-state index in [1.165, 1.54) is 27.4 Å². The first-order chi connectivity index (χ1) is 14.9. The van der Waals surface area contributed by atoms with Crippen molar-refractivity contribution < 1.29 is 13.2 Å². The van der Waals surface area contributed by atoms with Gasteiger partial charge in [-0.05, 0) is 60.4 Å². The standard InChI is InChI=1S/C23H22ClN3O3S/c1-26(16-17-10-12-25-13-11-17)23(28)20-15-19(8-9-21(20)24)31(29,30)27-14-4-6-18-5-2-3-7-22(18)27/h2-3,5,7-13,15H,4,6,14,16H2,1H3. The van der Waals surface area contributed by atoms with E-state index in [0.717, 1.165) is 24.0 Å². The fourth-order valence-electron chi connectivity index (χ4n) is 3.74. The number of carbonyl (C=O) groups is 1. The molecule has 1 amide bonds. The number of hydrogen-bond acceptors (Lipinski definition) is 4. The second-order valence-corrected chi connectivity index (χ2v) is 9.74. The lowest BCUT2D eigenvalue weighted by Gasteiger charge is -2.30. The Labute approximate surface area is 187 Å². The molecule has 0 spiro atoms. The third-order valence-electron chi connectivity index (χ3n) is 5.34. The van der Waals surface area contributed by atoms with E-state index in [-0.39, 0.29) is 21.4 Å². The van der Waals surface area contributed by atoms with Crippen LogP contribution in [0.2, 0.25) is 5.02 Å². The molecule has 160 valence electrons. The molecule has 1 aliphatic rings. The number of fused-ring (bicyclic) bond motifs is 1. The minimum atomic E-state index is -3.84. The maximum atomic E-state index is 13.4. The van der Waals surface area contributed by atoms with Crippen LogP contribution in [0.4, 0.5) is 5.69 Å². The average Bonchev–Trinajstić information content (AvgIpc) is 2.79. The number of para-hydroxylation sites is 1. The molecule has 2 heterocycles. The third kappa shape index (κ3) is 4.29. The summed E-state index contributed by atoms with van der Waals surface area (Å²) in [6, 6.07) is 15.4. The van der Waals surface area contributed by atoms with Gasteiger partial charge in [0.15, 0.2) is 0 Å². The molecule has 2 aromatic carbocycles. The normalized spacial score (nSPS) is 13.5. The molecule has 0 N–H and O–H groups in total. The molecule has 0 atom stereocenters. The smallest absolute Gasteiger partial charge is 0.264 e. The van der Waals surface area contributed by atoms with E-state index >= 15 is 0 Å². The van der Waals surface area contributed by atoms with Crippen LogP contribution in [-0.2, 0) is 23.0 Å². The molecule has 0 saturated carbocycles. The Morgan fingerprint density at radius 1 is 1.13 bits per heavy atom. The zero-order valence-electron chi connectivity index (χ0n) is 17.0. The van der Waals surface area contributed by atoms with Crippen LogP contribution in [0.15, 0.2) is 71.9 Å². The van der Waals surface area contributed by atoms with Crippen molar-refractivity contribution >= 4 is 33.2 Å². The number of nitrogens with zero attached hydrogens (tertiary/aromatic N) is 3. The van der Waals surface area contributed by atoms with Crippen molar-refractivity contribution in [1.82, 2.24) is 9.88 Å². The summed E-state index contributed by atoms with van der Waals surface area (Å²) >= 11 is 6.29. The molecule has 31 heavy (non-hydrogen) atoms. The minimum Gasteiger partial charge on any atom is -0.337 e. The molecular formula is C23H22ClN3O3S. The quantitative estimate of drug-likeness (QED) is 0.579. The molecule has 0 fully saturated rings. The number of rotatable bonds is 5. The number of aromatic nitrogens is 1. The van der Waals surface area contributed by atoms with Gasteiger partial charge in [-0.2, -0.15) is 0 Å². The lowest BCUT2D eigenvalue weighted by atomic mass is 10.0. The Morgan fingerprint density at radius 2 is 1.87 bits per heavy atom. The van der Waals surface area contributed by atoms with Crippen LogP contribution in [0.5, 0.6) is 0 Å². The highest BCUT2D eigenvalue weighted by molar-refractivity contribution is 7.92. The fourth-order valence-corrected chi connectivity index (χ4v) is 5.51. The van der Waals surface area contributed by atoms with Gasteiger partial charge in [-0.1, -0.05) is 29.8 Å². The van der Waals surface area contributed by atoms with Gasteiger partial charge in [-0.15, -0.1) is 0 Å². The van der Waals surface area contributed by atoms with Crippen LogP contribution in [-0.4, -0.2) is 37.8 Å². The van der Waals surface area contributed by atoms with Crippen molar-refractivity contribution in [1.29, 1.82) is 0 Å². The molecule has 0 bridgehead atoms. The van der Waals surface area contributed by atoms with Crippen molar-refractivity contribution in [3.05, 3.63) is 88.7 Å². The lowest BCUT2D eigenvalue weighted by Crippen LogP contribution is -2.35. The third-order valence-corrected chi connectivity index (χ3v) is 7.48. The summed E-state index contributed by atoms with van der Waals surface area (Å²) in [7, 11) is -2.18. The van der Waals surface area contributed by atoms with Crippen LogP contribution >= 0.6 is 11.6 Å². The summed E-state index contributed by atoms with van der Waals surface area (Å²) in [4.78, 5) is 18.6. The zero-order chi connectivity index (χ0) is 22.0. The van der Waals surface area contributed by atoms with Crippen molar-refractivity contribution in [2.24, 2.45) is 0 Å². The van der Waals surface area contributed by atoms with Gasteiger partial charge in [-0.25, -0.2) is 8.42 Å². The van der Waals surface area contributed by atoms with Crippen LogP contribution in [0.1, 0.15) is 27.9 Å². The Kier molecular flexibility index (Phi) is 5.98. The molecular weight excluding hydrogens is 434 g/mol. The van der Waals surface area contributed by atoms with Crippen molar-refractivity contribution in [2.75, 3.05) is 17.9 Å². The fraction of sp³-hybridized carbons (Fsp3) is 0.217. The highest BCUT2D eigenvalue weighted by Gasteiger charge is 2.30. The van der Waals surface area contributed by atoms with Crippen LogP contribution in [0.25, 0.3) is 0 Å². The van der Waals surface area contributed by atoms with Crippen molar-refractivity contribution in [3.8, 4) is 0 Å². The molecule has 0 aliphatic carbocycles. The number of benzene rings is 2. The van der Waals surface area contributed by atoms with Gasteiger partial charge < -0.3 is 4.90 Å². The summed E-state index contributed by atoms with van der Waals surface area (Å²) in [6.07, 6.45) is 4.89. The van der Waals surface area contributed by atoms with Gasteiger partial charge in [0.1, 0.15) is 0 Å². The summed E-state index contributed by atoms with van der Waals surface area (Å²) in [5.74, 6) is -0.349.